The van der Waals surface area contributed by atoms with E-state index < -0.39 is 0 Å². The lowest BCUT2D eigenvalue weighted by Gasteiger charge is -2.37. The molecule has 2 fully saturated rings. The average molecular weight is 383 g/mol. The summed E-state index contributed by atoms with van der Waals surface area (Å²) in [4.78, 5) is 14.1. The van der Waals surface area contributed by atoms with E-state index in [0.29, 0.717) is 37.2 Å². The number of benzene rings is 1. The Labute approximate surface area is 166 Å². The fourth-order valence-corrected chi connectivity index (χ4v) is 4.27. The van der Waals surface area contributed by atoms with Gasteiger partial charge in [-0.15, -0.1) is 10.2 Å². The van der Waals surface area contributed by atoms with Crippen molar-refractivity contribution >= 4 is 5.91 Å². The lowest BCUT2D eigenvalue weighted by Crippen LogP contribution is -2.48. The molecular formula is C22H30N4O2. The number of nitrogens with zero attached hydrogens (tertiary/aromatic N) is 3. The highest BCUT2D eigenvalue weighted by Crippen LogP contribution is 2.37. The maximum atomic E-state index is 12.2. The van der Waals surface area contributed by atoms with Crippen LogP contribution in [0.15, 0.2) is 34.7 Å². The van der Waals surface area contributed by atoms with Gasteiger partial charge < -0.3 is 14.6 Å². The molecule has 2 aliphatic heterocycles. The van der Waals surface area contributed by atoms with E-state index in [9.17, 15) is 4.79 Å². The maximum Gasteiger partial charge on any atom is 0.234 e. The Hall–Kier alpha value is -2.21. The summed E-state index contributed by atoms with van der Waals surface area (Å²) in [6.07, 6.45) is 6.15. The van der Waals surface area contributed by atoms with Crippen molar-refractivity contribution in [3.05, 3.63) is 47.7 Å². The number of amides is 1. The Morgan fingerprint density at radius 1 is 1.18 bits per heavy atom. The smallest absolute Gasteiger partial charge is 0.234 e. The summed E-state index contributed by atoms with van der Waals surface area (Å²) in [5.41, 5.74) is 1.31. The van der Waals surface area contributed by atoms with Crippen LogP contribution in [0.3, 0.4) is 0 Å². The second-order valence-corrected chi connectivity index (χ2v) is 8.02. The summed E-state index contributed by atoms with van der Waals surface area (Å²) < 4.78 is 6.08. The summed E-state index contributed by atoms with van der Waals surface area (Å²) in [7, 11) is 0. The van der Waals surface area contributed by atoms with Gasteiger partial charge in [-0.3, -0.25) is 4.79 Å². The van der Waals surface area contributed by atoms with E-state index in [1.165, 1.54) is 5.56 Å². The molecule has 0 saturated carbocycles. The fourth-order valence-electron chi connectivity index (χ4n) is 4.27. The fraction of sp³-hybridized carbons (Fsp3) is 0.591. The monoisotopic (exact) mass is 382 g/mol. The van der Waals surface area contributed by atoms with Gasteiger partial charge in [0.05, 0.1) is 12.0 Å². The average Bonchev–Trinajstić information content (AvgIpc) is 3.17. The predicted molar refractivity (Wildman–Crippen MR) is 107 cm³/mol. The molecule has 3 heterocycles. The molecule has 1 amide bonds. The number of unbranched alkanes of at least 4 members (excludes halogenated alkanes) is 2. The zero-order valence-electron chi connectivity index (χ0n) is 16.6. The van der Waals surface area contributed by atoms with Gasteiger partial charge in [-0.1, -0.05) is 50.1 Å². The molecule has 2 aromatic rings. The first-order valence-electron chi connectivity index (χ1n) is 10.7. The van der Waals surface area contributed by atoms with Crippen LogP contribution in [0.25, 0.3) is 0 Å². The van der Waals surface area contributed by atoms with Crippen LogP contribution in [0.4, 0.5) is 0 Å². The minimum Gasteiger partial charge on any atom is -0.423 e. The Bertz CT molecular complexity index is 770. The first-order chi connectivity index (χ1) is 13.8. The van der Waals surface area contributed by atoms with Crippen LogP contribution in [0.2, 0.25) is 0 Å². The van der Waals surface area contributed by atoms with Gasteiger partial charge in [0.25, 0.3) is 0 Å². The van der Waals surface area contributed by atoms with Crippen LogP contribution in [-0.2, 0) is 4.79 Å². The van der Waals surface area contributed by atoms with Crippen molar-refractivity contribution in [3.63, 3.8) is 0 Å². The van der Waals surface area contributed by atoms with E-state index in [2.05, 4.69) is 46.7 Å². The van der Waals surface area contributed by atoms with Crippen molar-refractivity contribution in [2.45, 2.75) is 63.3 Å². The number of hydrogen-bond acceptors (Lipinski definition) is 5. The first kappa shape index (κ1) is 19.1. The molecule has 0 unspecified atom stereocenters. The normalized spacial score (nSPS) is 22.8. The number of likely N-dealkylation sites (tertiary alicyclic amines) is 1. The molecule has 6 heteroatoms. The van der Waals surface area contributed by atoms with Crippen LogP contribution < -0.4 is 5.32 Å². The Balaban J connectivity index is 1.37. The van der Waals surface area contributed by atoms with Gasteiger partial charge >= 0.3 is 0 Å². The van der Waals surface area contributed by atoms with Gasteiger partial charge in [0, 0.05) is 25.4 Å². The van der Waals surface area contributed by atoms with E-state index in [4.69, 9.17) is 4.42 Å². The van der Waals surface area contributed by atoms with E-state index in [1.54, 1.807) is 0 Å². The Morgan fingerprint density at radius 2 is 1.96 bits per heavy atom. The largest absolute Gasteiger partial charge is 0.423 e. The van der Waals surface area contributed by atoms with Crippen molar-refractivity contribution in [1.29, 1.82) is 0 Å². The van der Waals surface area contributed by atoms with Gasteiger partial charge in [0.1, 0.15) is 0 Å². The van der Waals surface area contributed by atoms with Gasteiger partial charge in [0.2, 0.25) is 17.7 Å². The zero-order chi connectivity index (χ0) is 19.3. The van der Waals surface area contributed by atoms with Gasteiger partial charge in [-0.25, -0.2) is 0 Å². The predicted octanol–water partition coefficient (Wildman–Crippen LogP) is 3.78. The SMILES string of the molecule is CCCCCC(=O)N1CC(c2nnc([C@H]3NCCC[C@H]3c3ccccc3)o2)C1. The highest BCUT2D eigenvalue weighted by Gasteiger charge is 2.37. The highest BCUT2D eigenvalue weighted by molar-refractivity contribution is 5.77. The topological polar surface area (TPSA) is 71.3 Å². The van der Waals surface area contributed by atoms with Crippen molar-refractivity contribution in [2.24, 2.45) is 0 Å². The van der Waals surface area contributed by atoms with E-state index in [1.807, 2.05) is 11.0 Å². The van der Waals surface area contributed by atoms with Crippen molar-refractivity contribution in [1.82, 2.24) is 20.4 Å². The molecular weight excluding hydrogens is 352 g/mol. The van der Waals surface area contributed by atoms with Crippen LogP contribution in [0.1, 0.15) is 80.7 Å². The number of carbonyl (C=O) groups excluding carboxylic acids is 1. The third-order valence-corrected chi connectivity index (χ3v) is 5.99. The quantitative estimate of drug-likeness (QED) is 0.738. The third kappa shape index (κ3) is 4.12. The number of carbonyl (C=O) groups is 1. The number of aromatic nitrogens is 2. The number of rotatable bonds is 7. The molecule has 0 spiro atoms. The van der Waals surface area contributed by atoms with Gasteiger partial charge in [0.15, 0.2) is 0 Å². The van der Waals surface area contributed by atoms with Crippen LogP contribution >= 0.6 is 0 Å². The lowest BCUT2D eigenvalue weighted by atomic mass is 9.85. The molecule has 1 aromatic carbocycles. The molecule has 0 aliphatic carbocycles. The Kier molecular flexibility index (Phi) is 6.05. The lowest BCUT2D eigenvalue weighted by molar-refractivity contribution is -0.136. The molecule has 2 saturated heterocycles. The van der Waals surface area contributed by atoms with Gasteiger partial charge in [-0.2, -0.15) is 0 Å². The minimum atomic E-state index is 0.0595. The number of piperidine rings is 1. The standard InChI is InChI=1S/C22H30N4O2/c1-2-3-5-12-19(27)26-14-17(15-26)21-24-25-22(28-21)20-18(11-8-13-23-20)16-9-6-4-7-10-16/h4,6-7,9-10,17-18,20,23H,2-3,5,8,11-15H2,1H3/t18-,20-/m0/s1. The van der Waals surface area contributed by atoms with E-state index in [-0.39, 0.29) is 17.9 Å². The van der Waals surface area contributed by atoms with Crippen LogP contribution in [0.5, 0.6) is 0 Å². The van der Waals surface area contributed by atoms with Crippen molar-refractivity contribution < 1.29 is 9.21 Å². The molecule has 28 heavy (non-hydrogen) atoms. The Morgan fingerprint density at radius 3 is 2.75 bits per heavy atom. The summed E-state index contributed by atoms with van der Waals surface area (Å²) in [6.45, 7) is 4.52. The van der Waals surface area contributed by atoms with Gasteiger partial charge in [-0.05, 0) is 31.4 Å². The molecule has 4 rings (SSSR count). The molecule has 0 bridgehead atoms. The number of hydrogen-bond donors (Lipinski definition) is 1. The first-order valence-corrected chi connectivity index (χ1v) is 10.7. The zero-order valence-corrected chi connectivity index (χ0v) is 16.6. The summed E-state index contributed by atoms with van der Waals surface area (Å²) in [5, 5.41) is 12.2. The molecule has 2 atom stereocenters. The summed E-state index contributed by atoms with van der Waals surface area (Å²) in [5.74, 6) is 2.13. The summed E-state index contributed by atoms with van der Waals surface area (Å²) in [6, 6.07) is 10.6. The maximum absolute atomic E-state index is 12.2. The van der Waals surface area contributed by atoms with E-state index in [0.717, 1.165) is 38.6 Å². The molecule has 1 N–H and O–H groups in total. The molecule has 2 aliphatic rings. The molecule has 6 nitrogen and oxygen atoms in total. The second-order valence-electron chi connectivity index (χ2n) is 8.02. The van der Waals surface area contributed by atoms with Crippen LogP contribution in [-0.4, -0.2) is 40.6 Å². The van der Waals surface area contributed by atoms with E-state index >= 15 is 0 Å². The molecule has 1 aromatic heterocycles. The highest BCUT2D eigenvalue weighted by atomic mass is 16.4. The molecule has 0 radical (unpaired) electrons. The second kappa shape index (κ2) is 8.86. The van der Waals surface area contributed by atoms with Crippen molar-refractivity contribution in [2.75, 3.05) is 19.6 Å². The van der Waals surface area contributed by atoms with Crippen molar-refractivity contribution in [3.8, 4) is 0 Å². The third-order valence-electron chi connectivity index (χ3n) is 5.99. The van der Waals surface area contributed by atoms with Crippen LogP contribution in [0, 0.1) is 0 Å². The minimum absolute atomic E-state index is 0.0595. The number of nitrogens with one attached hydrogen (secondary N) is 1. The molecule has 150 valence electrons. The summed E-state index contributed by atoms with van der Waals surface area (Å²) >= 11 is 0.